The average Bonchev–Trinajstić information content (AvgIpc) is 2.80. The van der Waals surface area contributed by atoms with E-state index in [1.165, 1.54) is 46.8 Å². The molecule has 0 amide bonds. The summed E-state index contributed by atoms with van der Waals surface area (Å²) >= 11 is 1.20. The molecular weight excluding hydrogens is 279 g/mol. The van der Waals surface area contributed by atoms with E-state index < -0.39 is 0 Å². The van der Waals surface area contributed by atoms with Crippen LogP contribution in [-0.2, 0) is 6.42 Å². The van der Waals surface area contributed by atoms with Crippen molar-refractivity contribution in [3.8, 4) is 0 Å². The predicted molar refractivity (Wildman–Crippen MR) is 75.3 cm³/mol. The van der Waals surface area contributed by atoms with Crippen LogP contribution in [0, 0.1) is 5.82 Å². The van der Waals surface area contributed by atoms with Gasteiger partial charge < -0.3 is 5.84 Å². The molecule has 0 bridgehead atoms. The van der Waals surface area contributed by atoms with Gasteiger partial charge in [0, 0.05) is 12.0 Å². The first-order valence-electron chi connectivity index (χ1n) is 5.94. The van der Waals surface area contributed by atoms with Crippen LogP contribution >= 0.6 is 11.8 Å². The largest absolute Gasteiger partial charge is 0.336 e. The van der Waals surface area contributed by atoms with Gasteiger partial charge in [-0.2, -0.15) is 0 Å². The maximum Gasteiger partial charge on any atom is 0.214 e. The minimum atomic E-state index is -0.372. The summed E-state index contributed by atoms with van der Waals surface area (Å²) < 4.78 is 14.1. The minimum Gasteiger partial charge on any atom is -0.336 e. The molecule has 0 aliphatic carbocycles. The Bertz CT molecular complexity index is 636. The first-order chi connectivity index (χ1) is 9.61. The molecule has 104 valence electrons. The molecule has 0 saturated carbocycles. The summed E-state index contributed by atoms with van der Waals surface area (Å²) in [6, 6.07) is 5.37. The molecule has 0 aliphatic rings. The lowest BCUT2D eigenvalue weighted by Gasteiger charge is -1.98. The summed E-state index contributed by atoms with van der Waals surface area (Å²) in [6.45, 7) is 1.93. The second-order valence-corrected chi connectivity index (χ2v) is 4.79. The third kappa shape index (κ3) is 3.24. The molecule has 0 atom stereocenters. The van der Waals surface area contributed by atoms with E-state index in [0.29, 0.717) is 23.0 Å². The van der Waals surface area contributed by atoms with Crippen molar-refractivity contribution in [3.05, 3.63) is 53.0 Å². The number of aryl methyl sites for hydroxylation is 1. The Morgan fingerprint density at radius 2 is 2.10 bits per heavy atom. The molecule has 0 spiro atoms. The Morgan fingerprint density at radius 1 is 1.40 bits per heavy atom. The Hall–Kier alpha value is -2.15. The number of ketones is 1. The molecule has 1 aromatic heterocycles. The van der Waals surface area contributed by atoms with E-state index in [1.807, 2.05) is 6.92 Å². The second kappa shape index (κ2) is 6.33. The lowest BCUT2D eigenvalue weighted by Crippen LogP contribution is -2.13. The SMILES string of the molecule is CCc1nnc(S/C=C/C(=O)c2ccc(F)cc2)n1N. The van der Waals surface area contributed by atoms with E-state index >= 15 is 0 Å². The molecule has 0 saturated heterocycles. The fourth-order valence-electron chi connectivity index (χ4n) is 1.50. The Balaban J connectivity index is 2.01. The maximum absolute atomic E-state index is 12.7. The highest BCUT2D eigenvalue weighted by molar-refractivity contribution is 8.02. The molecule has 1 aromatic carbocycles. The molecule has 2 rings (SSSR count). The van der Waals surface area contributed by atoms with Crippen molar-refractivity contribution in [2.24, 2.45) is 0 Å². The third-order valence-corrected chi connectivity index (χ3v) is 3.33. The van der Waals surface area contributed by atoms with Gasteiger partial charge in [-0.1, -0.05) is 18.7 Å². The smallest absolute Gasteiger partial charge is 0.214 e. The first-order valence-corrected chi connectivity index (χ1v) is 6.82. The van der Waals surface area contributed by atoms with E-state index in [0.717, 1.165) is 0 Å². The van der Waals surface area contributed by atoms with Crippen molar-refractivity contribution in [2.45, 2.75) is 18.5 Å². The summed E-state index contributed by atoms with van der Waals surface area (Å²) in [6.07, 6.45) is 2.07. The fourth-order valence-corrected chi connectivity index (χ4v) is 2.12. The molecular formula is C13H13FN4OS. The number of benzene rings is 1. The summed E-state index contributed by atoms with van der Waals surface area (Å²) in [7, 11) is 0. The van der Waals surface area contributed by atoms with Crippen LogP contribution in [0.1, 0.15) is 23.1 Å². The van der Waals surface area contributed by atoms with Gasteiger partial charge in [-0.15, -0.1) is 10.2 Å². The Labute approximate surface area is 119 Å². The fraction of sp³-hybridized carbons (Fsp3) is 0.154. The molecule has 0 radical (unpaired) electrons. The van der Waals surface area contributed by atoms with E-state index in [4.69, 9.17) is 5.84 Å². The van der Waals surface area contributed by atoms with Crippen molar-refractivity contribution < 1.29 is 9.18 Å². The van der Waals surface area contributed by atoms with Crippen LogP contribution < -0.4 is 5.84 Å². The number of aromatic nitrogens is 3. The van der Waals surface area contributed by atoms with Crippen molar-refractivity contribution in [2.75, 3.05) is 5.84 Å². The molecule has 7 heteroatoms. The number of allylic oxidation sites excluding steroid dienone is 1. The summed E-state index contributed by atoms with van der Waals surface area (Å²) in [5.41, 5.74) is 0.423. The van der Waals surface area contributed by atoms with Crippen LogP contribution in [0.3, 0.4) is 0 Å². The van der Waals surface area contributed by atoms with E-state index in [2.05, 4.69) is 10.2 Å². The minimum absolute atomic E-state index is 0.212. The van der Waals surface area contributed by atoms with Crippen LogP contribution in [-0.4, -0.2) is 20.7 Å². The van der Waals surface area contributed by atoms with Crippen LogP contribution in [0.2, 0.25) is 0 Å². The van der Waals surface area contributed by atoms with Gasteiger partial charge in [0.25, 0.3) is 0 Å². The normalized spacial score (nSPS) is 11.1. The number of thioether (sulfide) groups is 1. The lowest BCUT2D eigenvalue weighted by atomic mass is 10.1. The van der Waals surface area contributed by atoms with Crippen molar-refractivity contribution >= 4 is 17.5 Å². The van der Waals surface area contributed by atoms with Gasteiger partial charge in [0.1, 0.15) is 5.82 Å². The second-order valence-electron chi connectivity index (χ2n) is 3.91. The molecule has 2 aromatic rings. The number of carbonyl (C=O) groups is 1. The van der Waals surface area contributed by atoms with Crippen molar-refractivity contribution in [1.29, 1.82) is 0 Å². The number of hydrogen-bond acceptors (Lipinski definition) is 5. The number of rotatable bonds is 5. The van der Waals surface area contributed by atoms with Gasteiger partial charge in [0.15, 0.2) is 11.6 Å². The zero-order chi connectivity index (χ0) is 14.5. The highest BCUT2D eigenvalue weighted by Gasteiger charge is 2.07. The zero-order valence-corrected chi connectivity index (χ0v) is 11.6. The van der Waals surface area contributed by atoms with Crippen LogP contribution in [0.4, 0.5) is 4.39 Å². The number of carbonyl (C=O) groups excluding carboxylic acids is 1. The number of hydrogen-bond donors (Lipinski definition) is 1. The van der Waals surface area contributed by atoms with Gasteiger partial charge in [0.05, 0.1) is 0 Å². The summed E-state index contributed by atoms with van der Waals surface area (Å²) in [5.74, 6) is 5.86. The molecule has 2 N–H and O–H groups in total. The predicted octanol–water partition coefficient (Wildman–Crippen LogP) is 2.18. The monoisotopic (exact) mass is 292 g/mol. The van der Waals surface area contributed by atoms with Gasteiger partial charge in [-0.05, 0) is 35.7 Å². The molecule has 0 aliphatic heterocycles. The number of nitrogens with two attached hydrogens (primary N) is 1. The molecule has 1 heterocycles. The third-order valence-electron chi connectivity index (χ3n) is 2.57. The molecule has 0 unspecified atom stereocenters. The molecule has 0 fully saturated rings. The standard InChI is InChI=1S/C13H13FN4OS/c1-2-12-16-17-13(18(12)15)20-8-7-11(19)9-3-5-10(14)6-4-9/h3-8H,2,15H2,1H3/b8-7+. The lowest BCUT2D eigenvalue weighted by molar-refractivity contribution is 0.104. The molecule has 5 nitrogen and oxygen atoms in total. The quantitative estimate of drug-likeness (QED) is 0.396. The van der Waals surface area contributed by atoms with Gasteiger partial charge in [-0.3, -0.25) is 4.79 Å². The zero-order valence-electron chi connectivity index (χ0n) is 10.8. The van der Waals surface area contributed by atoms with Crippen LogP contribution in [0.25, 0.3) is 0 Å². The van der Waals surface area contributed by atoms with Crippen LogP contribution in [0.5, 0.6) is 0 Å². The average molecular weight is 292 g/mol. The Morgan fingerprint density at radius 3 is 2.70 bits per heavy atom. The Kier molecular flexibility index (Phi) is 4.52. The van der Waals surface area contributed by atoms with E-state index in [9.17, 15) is 9.18 Å². The highest BCUT2D eigenvalue weighted by Crippen LogP contribution is 2.16. The highest BCUT2D eigenvalue weighted by atomic mass is 32.2. The van der Waals surface area contributed by atoms with Gasteiger partial charge >= 0.3 is 0 Å². The topological polar surface area (TPSA) is 73.8 Å². The van der Waals surface area contributed by atoms with Crippen molar-refractivity contribution in [3.63, 3.8) is 0 Å². The number of halogens is 1. The maximum atomic E-state index is 12.7. The van der Waals surface area contributed by atoms with Gasteiger partial charge in [0.2, 0.25) is 5.16 Å². The summed E-state index contributed by atoms with van der Waals surface area (Å²) in [5, 5.41) is 9.90. The number of nitrogens with zero attached hydrogens (tertiary/aromatic N) is 3. The van der Waals surface area contributed by atoms with Crippen molar-refractivity contribution in [1.82, 2.24) is 14.9 Å². The first kappa shape index (κ1) is 14.3. The van der Waals surface area contributed by atoms with E-state index in [1.54, 1.807) is 5.41 Å². The van der Waals surface area contributed by atoms with Gasteiger partial charge in [-0.25, -0.2) is 9.07 Å². The number of nitrogen functional groups attached to an aromatic ring is 1. The summed E-state index contributed by atoms with van der Waals surface area (Å²) in [4.78, 5) is 11.8. The molecule has 20 heavy (non-hydrogen) atoms. The van der Waals surface area contributed by atoms with Crippen LogP contribution in [0.15, 0.2) is 40.9 Å². The van der Waals surface area contributed by atoms with E-state index in [-0.39, 0.29) is 11.6 Å².